The molecule has 0 radical (unpaired) electrons. The lowest BCUT2D eigenvalue weighted by atomic mass is 10.0. The van der Waals surface area contributed by atoms with Gasteiger partial charge < -0.3 is 5.32 Å². The van der Waals surface area contributed by atoms with E-state index in [1.54, 1.807) is 0 Å². The fourth-order valence-electron chi connectivity index (χ4n) is 1.64. The third kappa shape index (κ3) is 4.32. The van der Waals surface area contributed by atoms with Crippen LogP contribution in [0.15, 0.2) is 18.2 Å². The number of benzene rings is 1. The average molecular weight is 260 g/mol. The lowest BCUT2D eigenvalue weighted by molar-refractivity contribution is 0.489. The first-order valence-electron chi connectivity index (χ1n) is 5.78. The number of hydrogen-bond acceptors (Lipinski definition) is 1. The SMILES string of the molecule is CCNCC(C)CCc1cccc(Cl)c1Cl. The van der Waals surface area contributed by atoms with Crippen molar-refractivity contribution in [2.24, 2.45) is 5.92 Å². The minimum atomic E-state index is 0.651. The van der Waals surface area contributed by atoms with Gasteiger partial charge in [-0.2, -0.15) is 0 Å². The zero-order valence-corrected chi connectivity index (χ0v) is 11.4. The maximum atomic E-state index is 6.13. The molecule has 1 N–H and O–H groups in total. The van der Waals surface area contributed by atoms with E-state index in [0.29, 0.717) is 16.0 Å². The van der Waals surface area contributed by atoms with E-state index in [1.165, 1.54) is 0 Å². The number of halogens is 2. The molecule has 0 fully saturated rings. The van der Waals surface area contributed by atoms with Crippen molar-refractivity contribution in [2.75, 3.05) is 13.1 Å². The van der Waals surface area contributed by atoms with Gasteiger partial charge in [-0.3, -0.25) is 0 Å². The van der Waals surface area contributed by atoms with Gasteiger partial charge in [-0.15, -0.1) is 0 Å². The zero-order chi connectivity index (χ0) is 12.0. The number of nitrogens with one attached hydrogen (secondary N) is 1. The average Bonchev–Trinajstić information content (AvgIpc) is 2.28. The van der Waals surface area contributed by atoms with Gasteiger partial charge in [0.1, 0.15) is 0 Å². The Morgan fingerprint density at radius 2 is 2.06 bits per heavy atom. The number of aryl methyl sites for hydroxylation is 1. The highest BCUT2D eigenvalue weighted by atomic mass is 35.5. The van der Waals surface area contributed by atoms with E-state index in [1.807, 2.05) is 18.2 Å². The van der Waals surface area contributed by atoms with Crippen LogP contribution in [0.1, 0.15) is 25.8 Å². The predicted octanol–water partition coefficient (Wildman–Crippen LogP) is 4.17. The number of hydrogen-bond donors (Lipinski definition) is 1. The Balaban J connectivity index is 2.45. The standard InChI is InChI=1S/C13H19Cl2N/c1-3-16-9-10(2)7-8-11-5-4-6-12(14)13(11)15/h4-6,10,16H,3,7-9H2,1-2H3. The van der Waals surface area contributed by atoms with Crippen LogP contribution < -0.4 is 5.32 Å². The normalized spacial score (nSPS) is 12.8. The molecule has 1 aromatic rings. The molecule has 1 unspecified atom stereocenters. The summed E-state index contributed by atoms with van der Waals surface area (Å²) in [6.07, 6.45) is 2.12. The van der Waals surface area contributed by atoms with Crippen LogP contribution in [-0.4, -0.2) is 13.1 Å². The molecule has 0 amide bonds. The van der Waals surface area contributed by atoms with Gasteiger partial charge in [0.05, 0.1) is 10.0 Å². The van der Waals surface area contributed by atoms with Crippen molar-refractivity contribution in [1.82, 2.24) is 5.32 Å². The van der Waals surface area contributed by atoms with E-state index in [2.05, 4.69) is 19.2 Å². The molecule has 1 nitrogen and oxygen atoms in total. The lowest BCUT2D eigenvalue weighted by Gasteiger charge is -2.12. The van der Waals surface area contributed by atoms with Gasteiger partial charge in [0.25, 0.3) is 0 Å². The Hall–Kier alpha value is -0.240. The monoisotopic (exact) mass is 259 g/mol. The summed E-state index contributed by atoms with van der Waals surface area (Å²) in [5, 5.41) is 4.71. The topological polar surface area (TPSA) is 12.0 Å². The molecule has 0 aliphatic carbocycles. The maximum Gasteiger partial charge on any atom is 0.0624 e. The molecule has 0 heterocycles. The van der Waals surface area contributed by atoms with Crippen LogP contribution in [0.25, 0.3) is 0 Å². The molecule has 0 saturated carbocycles. The second-order valence-electron chi connectivity index (χ2n) is 4.16. The van der Waals surface area contributed by atoms with E-state index in [0.717, 1.165) is 31.5 Å². The molecule has 3 heteroatoms. The zero-order valence-electron chi connectivity index (χ0n) is 9.89. The summed E-state index contributed by atoms with van der Waals surface area (Å²) in [5.41, 5.74) is 1.15. The van der Waals surface area contributed by atoms with Gasteiger partial charge >= 0.3 is 0 Å². The van der Waals surface area contributed by atoms with E-state index in [-0.39, 0.29) is 0 Å². The molecule has 90 valence electrons. The van der Waals surface area contributed by atoms with Crippen LogP contribution in [0.3, 0.4) is 0 Å². The minimum Gasteiger partial charge on any atom is -0.317 e. The summed E-state index contributed by atoms with van der Waals surface area (Å²) in [6.45, 7) is 6.47. The predicted molar refractivity (Wildman–Crippen MR) is 72.5 cm³/mol. The molecular formula is C13H19Cl2N. The van der Waals surface area contributed by atoms with Crippen LogP contribution in [-0.2, 0) is 6.42 Å². The van der Waals surface area contributed by atoms with Crippen molar-refractivity contribution in [3.63, 3.8) is 0 Å². The first kappa shape index (κ1) is 13.8. The van der Waals surface area contributed by atoms with Crippen LogP contribution >= 0.6 is 23.2 Å². The largest absolute Gasteiger partial charge is 0.317 e. The minimum absolute atomic E-state index is 0.651. The molecule has 0 aliphatic heterocycles. The fraction of sp³-hybridized carbons (Fsp3) is 0.538. The second kappa shape index (κ2) is 7.16. The van der Waals surface area contributed by atoms with Gasteiger partial charge in [0, 0.05) is 0 Å². The highest BCUT2D eigenvalue weighted by Gasteiger charge is 2.06. The fourth-order valence-corrected chi connectivity index (χ4v) is 2.05. The highest BCUT2D eigenvalue weighted by molar-refractivity contribution is 6.42. The van der Waals surface area contributed by atoms with Gasteiger partial charge in [-0.25, -0.2) is 0 Å². The maximum absolute atomic E-state index is 6.13. The van der Waals surface area contributed by atoms with Crippen molar-refractivity contribution >= 4 is 23.2 Å². The molecule has 1 aromatic carbocycles. The van der Waals surface area contributed by atoms with Crippen LogP contribution in [0, 0.1) is 5.92 Å². The van der Waals surface area contributed by atoms with Crippen LogP contribution in [0.4, 0.5) is 0 Å². The van der Waals surface area contributed by atoms with Crippen molar-refractivity contribution in [1.29, 1.82) is 0 Å². The van der Waals surface area contributed by atoms with Crippen LogP contribution in [0.5, 0.6) is 0 Å². The van der Waals surface area contributed by atoms with Gasteiger partial charge in [-0.1, -0.05) is 49.2 Å². The van der Waals surface area contributed by atoms with E-state index >= 15 is 0 Å². The first-order chi connectivity index (χ1) is 7.65. The van der Waals surface area contributed by atoms with Gasteiger partial charge in [0.15, 0.2) is 0 Å². The molecule has 0 saturated heterocycles. The molecule has 0 aromatic heterocycles. The summed E-state index contributed by atoms with van der Waals surface area (Å²) in [7, 11) is 0. The third-order valence-electron chi connectivity index (χ3n) is 2.68. The van der Waals surface area contributed by atoms with Gasteiger partial charge in [-0.05, 0) is 43.5 Å². The second-order valence-corrected chi connectivity index (χ2v) is 4.95. The van der Waals surface area contributed by atoms with E-state index in [4.69, 9.17) is 23.2 Å². The Labute approximate surface area is 108 Å². The summed E-state index contributed by atoms with van der Waals surface area (Å²) >= 11 is 12.1. The highest BCUT2D eigenvalue weighted by Crippen LogP contribution is 2.26. The molecule has 1 atom stereocenters. The molecular weight excluding hydrogens is 241 g/mol. The van der Waals surface area contributed by atoms with Crippen molar-refractivity contribution < 1.29 is 0 Å². The molecule has 0 aliphatic rings. The Bertz CT molecular complexity index is 326. The van der Waals surface area contributed by atoms with E-state index in [9.17, 15) is 0 Å². The molecule has 1 rings (SSSR count). The van der Waals surface area contributed by atoms with E-state index < -0.39 is 0 Å². The summed E-state index contributed by atoms with van der Waals surface area (Å²) in [4.78, 5) is 0. The summed E-state index contributed by atoms with van der Waals surface area (Å²) in [5.74, 6) is 0.662. The van der Waals surface area contributed by atoms with Crippen molar-refractivity contribution in [2.45, 2.75) is 26.7 Å². The quantitative estimate of drug-likeness (QED) is 0.809. The molecule has 16 heavy (non-hydrogen) atoms. The lowest BCUT2D eigenvalue weighted by Crippen LogP contribution is -2.20. The molecule has 0 bridgehead atoms. The summed E-state index contributed by atoms with van der Waals surface area (Å²) < 4.78 is 0. The third-order valence-corrected chi connectivity index (χ3v) is 3.54. The van der Waals surface area contributed by atoms with Gasteiger partial charge in [0.2, 0.25) is 0 Å². The smallest absolute Gasteiger partial charge is 0.0624 e. The Morgan fingerprint density at radius 1 is 1.31 bits per heavy atom. The number of rotatable bonds is 6. The van der Waals surface area contributed by atoms with Crippen molar-refractivity contribution in [3.8, 4) is 0 Å². The van der Waals surface area contributed by atoms with Crippen molar-refractivity contribution in [3.05, 3.63) is 33.8 Å². The Kier molecular flexibility index (Phi) is 6.18. The Morgan fingerprint density at radius 3 is 2.75 bits per heavy atom. The van der Waals surface area contributed by atoms with Crippen LogP contribution in [0.2, 0.25) is 10.0 Å². The summed E-state index contributed by atoms with van der Waals surface area (Å²) in [6, 6.07) is 5.84. The molecule has 0 spiro atoms. The first-order valence-corrected chi connectivity index (χ1v) is 6.54.